The van der Waals surface area contributed by atoms with E-state index in [1.807, 2.05) is 5.32 Å². The largest absolute Gasteiger partial charge is 0.477 e. The molecule has 0 aliphatic carbocycles. The summed E-state index contributed by atoms with van der Waals surface area (Å²) in [4.78, 5) is 12.7. The predicted molar refractivity (Wildman–Crippen MR) is 37.1 cm³/mol. The molecule has 58 valence electrons. The van der Waals surface area contributed by atoms with Crippen molar-refractivity contribution >= 4 is 6.03 Å². The molecule has 0 spiro atoms. The number of carbonyl (C=O) groups is 1. The molecule has 0 unspecified atom stereocenters. The first-order valence-electron chi connectivity index (χ1n) is 3.48. The van der Waals surface area contributed by atoms with E-state index in [1.165, 1.54) is 0 Å². The minimum atomic E-state index is 0.0573. The highest BCUT2D eigenvalue weighted by Gasteiger charge is 2.17. The Bertz CT molecular complexity index is 126. The van der Waals surface area contributed by atoms with E-state index in [0.29, 0.717) is 0 Å². The molecule has 1 fully saturated rings. The first-order chi connectivity index (χ1) is 4.84. The highest BCUT2D eigenvalue weighted by atomic mass is 16.2. The molecule has 1 aliphatic heterocycles. The van der Waals surface area contributed by atoms with E-state index in [2.05, 4.69) is 12.4 Å². The molecule has 0 saturated carbocycles. The maximum atomic E-state index is 10.9. The summed E-state index contributed by atoms with van der Waals surface area (Å²) < 4.78 is 0. The Morgan fingerprint density at radius 2 is 2.60 bits per heavy atom. The molecule has 4 nitrogen and oxygen atoms in total. The van der Waals surface area contributed by atoms with E-state index in [4.69, 9.17) is 0 Å². The van der Waals surface area contributed by atoms with Crippen LogP contribution < -0.4 is 10.6 Å². The summed E-state index contributed by atoms with van der Waals surface area (Å²) in [5.74, 6) is 0. The normalized spacial score (nSPS) is 17.7. The third-order valence-electron chi connectivity index (χ3n) is 1.55. The Morgan fingerprint density at radius 1 is 1.80 bits per heavy atom. The molecule has 1 rings (SSSR count). The van der Waals surface area contributed by atoms with Gasteiger partial charge in [0, 0.05) is 13.1 Å². The SMILES string of the molecule is [CH2-][NH2+]CCN1CCNC1=O. The second-order valence-electron chi connectivity index (χ2n) is 2.30. The van der Waals surface area contributed by atoms with Gasteiger partial charge in [-0.1, -0.05) is 0 Å². The number of amides is 2. The molecule has 0 aromatic carbocycles. The number of nitrogens with one attached hydrogen (secondary N) is 1. The van der Waals surface area contributed by atoms with Crippen molar-refractivity contribution in [1.82, 2.24) is 10.2 Å². The number of hydrogen-bond acceptors (Lipinski definition) is 1. The summed E-state index contributed by atoms with van der Waals surface area (Å²) in [5, 5.41) is 4.56. The monoisotopic (exact) mass is 143 g/mol. The van der Waals surface area contributed by atoms with E-state index in [0.717, 1.165) is 26.2 Å². The molecular formula is C6H13N3O. The average Bonchev–Trinajstić information content (AvgIpc) is 2.31. The maximum Gasteiger partial charge on any atom is 0.317 e. The number of urea groups is 1. The highest BCUT2D eigenvalue weighted by Crippen LogP contribution is 1.92. The van der Waals surface area contributed by atoms with Crippen molar-refractivity contribution in [2.75, 3.05) is 26.2 Å². The third kappa shape index (κ3) is 1.60. The first kappa shape index (κ1) is 7.34. The maximum absolute atomic E-state index is 10.9. The van der Waals surface area contributed by atoms with E-state index in [-0.39, 0.29) is 6.03 Å². The third-order valence-corrected chi connectivity index (χ3v) is 1.55. The fourth-order valence-electron chi connectivity index (χ4n) is 0.972. The standard InChI is InChI=1S/C6H13N3O/c1-7-2-4-9-5-3-8-6(9)10/h1-5,7H2,(H,8,10). The number of nitrogens with zero attached hydrogens (tertiary/aromatic N) is 1. The topological polar surface area (TPSA) is 49.0 Å². The van der Waals surface area contributed by atoms with Gasteiger partial charge in [0.1, 0.15) is 0 Å². The van der Waals surface area contributed by atoms with Crippen LogP contribution in [0.1, 0.15) is 0 Å². The number of carbonyl (C=O) groups excluding carboxylic acids is 1. The quantitative estimate of drug-likeness (QED) is 0.458. The van der Waals surface area contributed by atoms with E-state index in [9.17, 15) is 4.79 Å². The number of quaternary nitrogens is 1. The summed E-state index contributed by atoms with van der Waals surface area (Å²) in [6.07, 6.45) is 0. The summed E-state index contributed by atoms with van der Waals surface area (Å²) >= 11 is 0. The second kappa shape index (κ2) is 3.41. The Kier molecular flexibility index (Phi) is 2.50. The number of hydrogen-bond donors (Lipinski definition) is 2. The van der Waals surface area contributed by atoms with Crippen LogP contribution in [-0.2, 0) is 0 Å². The van der Waals surface area contributed by atoms with E-state index in [1.54, 1.807) is 4.90 Å². The van der Waals surface area contributed by atoms with Crippen molar-refractivity contribution in [2.45, 2.75) is 0 Å². The van der Waals surface area contributed by atoms with Crippen molar-refractivity contribution in [2.24, 2.45) is 0 Å². The molecule has 0 aromatic rings. The van der Waals surface area contributed by atoms with Gasteiger partial charge >= 0.3 is 6.03 Å². The minimum absolute atomic E-state index is 0.0573. The van der Waals surface area contributed by atoms with Crippen molar-refractivity contribution in [3.8, 4) is 0 Å². The van der Waals surface area contributed by atoms with Crippen LogP contribution in [0.15, 0.2) is 0 Å². The molecule has 1 heterocycles. The summed E-state index contributed by atoms with van der Waals surface area (Å²) in [6.45, 7) is 3.31. The predicted octanol–water partition coefficient (Wildman–Crippen LogP) is -1.63. The van der Waals surface area contributed by atoms with Gasteiger partial charge in [0.2, 0.25) is 0 Å². The van der Waals surface area contributed by atoms with E-state index >= 15 is 0 Å². The first-order valence-corrected chi connectivity index (χ1v) is 3.48. The van der Waals surface area contributed by atoms with Crippen molar-refractivity contribution < 1.29 is 10.1 Å². The fourth-order valence-corrected chi connectivity index (χ4v) is 0.972. The van der Waals surface area contributed by atoms with Crippen LogP contribution in [0, 0.1) is 7.05 Å². The molecule has 10 heavy (non-hydrogen) atoms. The van der Waals surface area contributed by atoms with Gasteiger partial charge in [0.15, 0.2) is 0 Å². The Morgan fingerprint density at radius 3 is 3.10 bits per heavy atom. The van der Waals surface area contributed by atoms with Crippen LogP contribution in [0.5, 0.6) is 0 Å². The van der Waals surface area contributed by atoms with Crippen LogP contribution in [0.3, 0.4) is 0 Å². The van der Waals surface area contributed by atoms with Gasteiger partial charge in [-0.05, 0) is 0 Å². The molecule has 3 N–H and O–H groups in total. The molecule has 2 amide bonds. The zero-order valence-corrected chi connectivity index (χ0v) is 5.97. The lowest BCUT2D eigenvalue weighted by molar-refractivity contribution is -0.594. The summed E-state index contributed by atoms with van der Waals surface area (Å²) in [7, 11) is 3.59. The molecule has 4 heteroatoms. The summed E-state index contributed by atoms with van der Waals surface area (Å²) in [5.41, 5.74) is 0. The van der Waals surface area contributed by atoms with Crippen LogP contribution in [0.25, 0.3) is 0 Å². The van der Waals surface area contributed by atoms with Gasteiger partial charge in [-0.15, -0.1) is 0 Å². The van der Waals surface area contributed by atoms with Gasteiger partial charge in [0.05, 0.1) is 13.1 Å². The van der Waals surface area contributed by atoms with Crippen molar-refractivity contribution in [3.05, 3.63) is 7.05 Å². The fraction of sp³-hybridized carbons (Fsp3) is 0.667. The van der Waals surface area contributed by atoms with Crippen LogP contribution in [0.2, 0.25) is 0 Å². The van der Waals surface area contributed by atoms with Crippen molar-refractivity contribution in [1.29, 1.82) is 0 Å². The number of nitrogens with two attached hydrogens (primary N) is 1. The molecule has 0 radical (unpaired) electrons. The van der Waals surface area contributed by atoms with Gasteiger partial charge < -0.3 is 15.5 Å². The smallest absolute Gasteiger partial charge is 0.317 e. The molecule has 1 saturated heterocycles. The molecule has 0 atom stereocenters. The van der Waals surface area contributed by atoms with Crippen LogP contribution >= 0.6 is 0 Å². The average molecular weight is 143 g/mol. The van der Waals surface area contributed by atoms with Crippen molar-refractivity contribution in [3.63, 3.8) is 0 Å². The number of rotatable bonds is 3. The van der Waals surface area contributed by atoms with Gasteiger partial charge in [-0.2, -0.15) is 7.05 Å². The molecule has 1 aliphatic rings. The second-order valence-corrected chi connectivity index (χ2v) is 2.30. The lowest BCUT2D eigenvalue weighted by atomic mass is 10.5. The molecule has 0 bridgehead atoms. The van der Waals surface area contributed by atoms with Gasteiger partial charge in [-0.25, -0.2) is 4.79 Å². The Balaban J connectivity index is 2.20. The lowest BCUT2D eigenvalue weighted by Gasteiger charge is -2.12. The lowest BCUT2D eigenvalue weighted by Crippen LogP contribution is -2.78. The Hall–Kier alpha value is -0.770. The minimum Gasteiger partial charge on any atom is -0.477 e. The van der Waals surface area contributed by atoms with E-state index < -0.39 is 0 Å². The Labute approximate surface area is 60.6 Å². The molecule has 0 aromatic heterocycles. The van der Waals surface area contributed by atoms with Gasteiger partial charge in [-0.3, -0.25) is 0 Å². The van der Waals surface area contributed by atoms with Crippen LogP contribution in [0.4, 0.5) is 4.79 Å². The summed E-state index contributed by atoms with van der Waals surface area (Å²) in [6, 6.07) is 0.0573. The highest BCUT2D eigenvalue weighted by molar-refractivity contribution is 5.76. The molecular weight excluding hydrogens is 130 g/mol. The van der Waals surface area contributed by atoms with Gasteiger partial charge in [0.25, 0.3) is 0 Å². The zero-order chi connectivity index (χ0) is 7.40. The zero-order valence-electron chi connectivity index (χ0n) is 5.97. The van der Waals surface area contributed by atoms with Crippen LogP contribution in [-0.4, -0.2) is 37.1 Å².